The molecule has 0 saturated heterocycles. The molecule has 0 fully saturated rings. The number of sulfonamides is 1. The Hall–Kier alpha value is -3.03. The molecular formula is C23H23ClN2O4S. The van der Waals surface area contributed by atoms with Crippen molar-refractivity contribution in [1.82, 2.24) is 5.32 Å². The van der Waals surface area contributed by atoms with Crippen LogP contribution in [0.4, 0.5) is 5.69 Å². The van der Waals surface area contributed by atoms with E-state index in [9.17, 15) is 13.2 Å². The first-order valence-corrected chi connectivity index (χ1v) is 11.4. The maximum Gasteiger partial charge on any atom is 0.264 e. The van der Waals surface area contributed by atoms with Gasteiger partial charge in [0.05, 0.1) is 23.7 Å². The summed E-state index contributed by atoms with van der Waals surface area (Å²) in [5.74, 6) is 0.178. The number of nitrogens with one attached hydrogen (secondary N) is 1. The fourth-order valence-electron chi connectivity index (χ4n) is 3.19. The van der Waals surface area contributed by atoms with Crippen molar-refractivity contribution < 1.29 is 17.9 Å². The van der Waals surface area contributed by atoms with E-state index in [4.69, 9.17) is 16.3 Å². The largest absolute Gasteiger partial charge is 0.496 e. The molecule has 0 bridgehead atoms. The van der Waals surface area contributed by atoms with Gasteiger partial charge in [0.25, 0.3) is 10.0 Å². The molecule has 8 heteroatoms. The summed E-state index contributed by atoms with van der Waals surface area (Å²) in [6, 6.07) is 21.3. The molecule has 0 unspecified atom stereocenters. The monoisotopic (exact) mass is 458 g/mol. The van der Waals surface area contributed by atoms with Crippen LogP contribution in [0.25, 0.3) is 0 Å². The maximum absolute atomic E-state index is 13.3. The lowest BCUT2D eigenvalue weighted by Gasteiger charge is -2.25. The van der Waals surface area contributed by atoms with Crippen LogP contribution in [0.3, 0.4) is 0 Å². The van der Waals surface area contributed by atoms with Gasteiger partial charge < -0.3 is 10.1 Å². The average Bonchev–Trinajstić information content (AvgIpc) is 2.77. The molecule has 0 aliphatic rings. The molecule has 1 atom stereocenters. The molecule has 0 heterocycles. The summed E-state index contributed by atoms with van der Waals surface area (Å²) in [7, 11) is -2.43. The van der Waals surface area contributed by atoms with Gasteiger partial charge in [-0.05, 0) is 43.3 Å². The van der Waals surface area contributed by atoms with Gasteiger partial charge in [0.2, 0.25) is 5.91 Å². The molecule has 1 N–H and O–H groups in total. The minimum absolute atomic E-state index is 0.0838. The molecule has 162 valence electrons. The van der Waals surface area contributed by atoms with E-state index in [1.165, 1.54) is 18.2 Å². The van der Waals surface area contributed by atoms with Crippen LogP contribution in [0.5, 0.6) is 5.75 Å². The summed E-state index contributed by atoms with van der Waals surface area (Å²) in [5.41, 5.74) is 1.09. The molecule has 1 amide bonds. The second kappa shape index (κ2) is 9.85. The first-order chi connectivity index (χ1) is 14.8. The Labute approximate surface area is 187 Å². The zero-order chi connectivity index (χ0) is 22.4. The van der Waals surface area contributed by atoms with E-state index >= 15 is 0 Å². The van der Waals surface area contributed by atoms with Gasteiger partial charge in [-0.25, -0.2) is 8.42 Å². The lowest BCUT2D eigenvalue weighted by Crippen LogP contribution is -2.41. The molecule has 0 spiro atoms. The molecule has 3 aromatic carbocycles. The molecule has 31 heavy (non-hydrogen) atoms. The third-order valence-electron chi connectivity index (χ3n) is 4.70. The molecular weight excluding hydrogens is 436 g/mol. The highest BCUT2D eigenvalue weighted by molar-refractivity contribution is 7.92. The zero-order valence-electron chi connectivity index (χ0n) is 17.2. The number of anilines is 1. The Morgan fingerprint density at radius 1 is 1.03 bits per heavy atom. The number of rotatable bonds is 8. The third-order valence-corrected chi connectivity index (χ3v) is 6.72. The summed E-state index contributed by atoms with van der Waals surface area (Å²) in [5, 5.41) is 3.22. The number of carbonyl (C=O) groups excluding carboxylic acids is 1. The molecule has 6 nitrogen and oxygen atoms in total. The van der Waals surface area contributed by atoms with Gasteiger partial charge in [-0.1, -0.05) is 54.1 Å². The van der Waals surface area contributed by atoms with E-state index in [1.807, 2.05) is 25.1 Å². The fourth-order valence-corrected chi connectivity index (χ4v) is 4.80. The van der Waals surface area contributed by atoms with Crippen LogP contribution in [-0.2, 0) is 14.8 Å². The molecule has 3 rings (SSSR count). The van der Waals surface area contributed by atoms with E-state index in [-0.39, 0.29) is 10.9 Å². The smallest absolute Gasteiger partial charge is 0.264 e. The van der Waals surface area contributed by atoms with Crippen molar-refractivity contribution in [2.24, 2.45) is 0 Å². The van der Waals surface area contributed by atoms with Crippen molar-refractivity contribution in [1.29, 1.82) is 0 Å². The van der Waals surface area contributed by atoms with Crippen LogP contribution in [0.1, 0.15) is 18.5 Å². The van der Waals surface area contributed by atoms with Gasteiger partial charge in [0, 0.05) is 10.6 Å². The second-order valence-corrected chi connectivity index (χ2v) is 9.13. The summed E-state index contributed by atoms with van der Waals surface area (Å²) < 4.78 is 33.0. The van der Waals surface area contributed by atoms with Crippen molar-refractivity contribution in [3.63, 3.8) is 0 Å². The first kappa shape index (κ1) is 22.7. The van der Waals surface area contributed by atoms with Crippen molar-refractivity contribution in [2.75, 3.05) is 18.0 Å². The fraction of sp³-hybridized carbons (Fsp3) is 0.174. The minimum atomic E-state index is -3.99. The molecule has 0 radical (unpaired) electrons. The number of ether oxygens (including phenoxy) is 1. The Morgan fingerprint density at radius 2 is 1.71 bits per heavy atom. The van der Waals surface area contributed by atoms with Gasteiger partial charge in [-0.2, -0.15) is 0 Å². The van der Waals surface area contributed by atoms with Crippen LogP contribution in [0, 0.1) is 0 Å². The highest BCUT2D eigenvalue weighted by atomic mass is 35.5. The molecule has 3 aromatic rings. The van der Waals surface area contributed by atoms with E-state index in [1.54, 1.807) is 49.6 Å². The number of hydrogen-bond donors (Lipinski definition) is 1. The van der Waals surface area contributed by atoms with Crippen LogP contribution < -0.4 is 14.4 Å². The Balaban J connectivity index is 1.89. The zero-order valence-corrected chi connectivity index (χ0v) is 18.7. The van der Waals surface area contributed by atoms with Gasteiger partial charge in [0.1, 0.15) is 12.3 Å². The molecule has 0 aromatic heterocycles. The number of benzene rings is 3. The van der Waals surface area contributed by atoms with Gasteiger partial charge in [-0.3, -0.25) is 9.10 Å². The predicted molar refractivity (Wildman–Crippen MR) is 122 cm³/mol. The molecule has 0 aliphatic heterocycles. The van der Waals surface area contributed by atoms with Crippen LogP contribution in [0.15, 0.2) is 83.8 Å². The van der Waals surface area contributed by atoms with E-state index in [0.29, 0.717) is 16.5 Å². The van der Waals surface area contributed by atoms with Gasteiger partial charge in [-0.15, -0.1) is 0 Å². The standard InChI is InChI=1S/C23H23ClN2O4S/c1-17(21-13-6-7-14-22(21)30-2)25-23(27)16-26(19-10-8-9-18(24)15-19)31(28,29)20-11-4-3-5-12-20/h3-15,17H,16H2,1-2H3,(H,25,27)/t17-/m1/s1. The SMILES string of the molecule is COc1ccccc1[C@@H](C)NC(=O)CN(c1cccc(Cl)c1)S(=O)(=O)c1ccccc1. The quantitative estimate of drug-likeness (QED) is 0.542. The number of halogens is 1. The first-order valence-electron chi connectivity index (χ1n) is 9.58. The van der Waals surface area contributed by atoms with Crippen LogP contribution in [0.2, 0.25) is 5.02 Å². The van der Waals surface area contributed by atoms with Crippen LogP contribution in [-0.4, -0.2) is 28.0 Å². The molecule has 0 saturated carbocycles. The number of amides is 1. The summed E-state index contributed by atoms with van der Waals surface area (Å²) in [6.45, 7) is 1.40. The number of para-hydroxylation sites is 1. The normalized spacial score (nSPS) is 12.1. The lowest BCUT2D eigenvalue weighted by atomic mass is 10.1. The summed E-state index contributed by atoms with van der Waals surface area (Å²) >= 11 is 6.08. The van der Waals surface area contributed by atoms with Crippen LogP contribution >= 0.6 is 11.6 Å². The Kier molecular flexibility index (Phi) is 7.20. The van der Waals surface area contributed by atoms with Crippen molar-refractivity contribution >= 4 is 33.2 Å². The highest BCUT2D eigenvalue weighted by Gasteiger charge is 2.28. The molecule has 0 aliphatic carbocycles. The third kappa shape index (κ3) is 5.37. The number of methoxy groups -OCH3 is 1. The van der Waals surface area contributed by atoms with E-state index < -0.39 is 22.5 Å². The average molecular weight is 459 g/mol. The minimum Gasteiger partial charge on any atom is -0.496 e. The number of carbonyl (C=O) groups is 1. The maximum atomic E-state index is 13.3. The van der Waals surface area contributed by atoms with E-state index in [0.717, 1.165) is 9.87 Å². The van der Waals surface area contributed by atoms with Crippen molar-refractivity contribution in [3.8, 4) is 5.75 Å². The number of nitrogens with zero attached hydrogens (tertiary/aromatic N) is 1. The summed E-state index contributed by atoms with van der Waals surface area (Å²) in [6.07, 6.45) is 0. The highest BCUT2D eigenvalue weighted by Crippen LogP contribution is 2.27. The van der Waals surface area contributed by atoms with E-state index in [2.05, 4.69) is 5.32 Å². The topological polar surface area (TPSA) is 75.7 Å². The Bertz CT molecular complexity index is 1150. The van der Waals surface area contributed by atoms with Crippen molar-refractivity contribution in [2.45, 2.75) is 17.9 Å². The van der Waals surface area contributed by atoms with Gasteiger partial charge >= 0.3 is 0 Å². The lowest BCUT2D eigenvalue weighted by molar-refractivity contribution is -0.120. The predicted octanol–water partition coefficient (Wildman–Crippen LogP) is 4.42. The number of hydrogen-bond acceptors (Lipinski definition) is 4. The van der Waals surface area contributed by atoms with Gasteiger partial charge in [0.15, 0.2) is 0 Å². The second-order valence-electron chi connectivity index (χ2n) is 6.84. The Morgan fingerprint density at radius 3 is 2.39 bits per heavy atom. The summed E-state index contributed by atoms with van der Waals surface area (Å²) in [4.78, 5) is 13.0. The van der Waals surface area contributed by atoms with Crippen molar-refractivity contribution in [3.05, 3.63) is 89.4 Å².